The first-order valence-electron chi connectivity index (χ1n) is 10.8. The van der Waals surface area contributed by atoms with Crippen LogP contribution in [0.4, 0.5) is 5.69 Å². The number of carbonyl (C=O) groups excluding carboxylic acids is 2. The van der Waals surface area contributed by atoms with E-state index < -0.39 is 17.7 Å². The highest BCUT2D eigenvalue weighted by Gasteiger charge is 2.45. The topological polar surface area (TPSA) is 79.3 Å². The van der Waals surface area contributed by atoms with Crippen molar-refractivity contribution in [1.29, 1.82) is 0 Å². The smallest absolute Gasteiger partial charge is 0.295 e. The first kappa shape index (κ1) is 24.8. The lowest BCUT2D eigenvalue weighted by atomic mass is 9.95. The van der Waals surface area contributed by atoms with Gasteiger partial charge in [0.25, 0.3) is 11.7 Å². The van der Waals surface area contributed by atoms with Crippen LogP contribution >= 0.6 is 15.9 Å². The van der Waals surface area contributed by atoms with Crippen LogP contribution in [0.5, 0.6) is 5.75 Å². The van der Waals surface area contributed by atoms with Gasteiger partial charge in [0.2, 0.25) is 0 Å². The Morgan fingerprint density at radius 2 is 1.76 bits per heavy atom. The molecule has 176 valence electrons. The maximum Gasteiger partial charge on any atom is 0.295 e. The Morgan fingerprint density at radius 3 is 2.30 bits per heavy atom. The van der Waals surface area contributed by atoms with Crippen LogP contribution in [0, 0.1) is 0 Å². The van der Waals surface area contributed by atoms with Crippen molar-refractivity contribution in [1.82, 2.24) is 4.90 Å². The molecule has 0 bridgehead atoms. The van der Waals surface area contributed by atoms with E-state index in [9.17, 15) is 14.7 Å². The lowest BCUT2D eigenvalue weighted by Gasteiger charge is -2.26. The molecule has 2 aromatic carbocycles. The average molecular weight is 517 g/mol. The van der Waals surface area contributed by atoms with Gasteiger partial charge in [-0.05, 0) is 65.7 Å². The summed E-state index contributed by atoms with van der Waals surface area (Å²) in [5.41, 5.74) is 2.27. The minimum absolute atomic E-state index is 0.0590. The standard InChI is InChI=1S/C25H29BrN2O5/c1-5-27(6-2)18-10-7-16(8-11-18)22-21(24(30)25(31)28(22)13-14-32-3)23(29)17-9-12-20(33-4)19(26)15-17/h7-12,15,22,29H,5-6,13-14H2,1-4H3/b23-21-. The van der Waals surface area contributed by atoms with Crippen LogP contribution in [0.25, 0.3) is 5.76 Å². The maximum absolute atomic E-state index is 13.1. The van der Waals surface area contributed by atoms with Crippen molar-refractivity contribution < 1.29 is 24.2 Å². The molecule has 8 heteroatoms. The van der Waals surface area contributed by atoms with Crippen LogP contribution in [0.1, 0.15) is 31.0 Å². The first-order chi connectivity index (χ1) is 15.9. The number of halogens is 1. The summed E-state index contributed by atoms with van der Waals surface area (Å²) >= 11 is 3.41. The minimum atomic E-state index is -0.716. The lowest BCUT2D eigenvalue weighted by Crippen LogP contribution is -2.32. The van der Waals surface area contributed by atoms with E-state index in [1.54, 1.807) is 32.4 Å². The van der Waals surface area contributed by atoms with Crippen molar-refractivity contribution in [2.75, 3.05) is 45.4 Å². The molecule has 1 aliphatic rings. The predicted molar refractivity (Wildman–Crippen MR) is 132 cm³/mol. The highest BCUT2D eigenvalue weighted by molar-refractivity contribution is 9.10. The molecular formula is C25H29BrN2O5. The molecule has 0 aliphatic carbocycles. The predicted octanol–water partition coefficient (Wildman–Crippen LogP) is 4.37. The summed E-state index contributed by atoms with van der Waals surface area (Å²) in [5.74, 6) is -1.00. The van der Waals surface area contributed by atoms with Crippen LogP contribution in [-0.2, 0) is 14.3 Å². The number of likely N-dealkylation sites (tertiary alicyclic amines) is 1. The number of aliphatic hydroxyl groups excluding tert-OH is 1. The van der Waals surface area contributed by atoms with E-state index in [1.165, 1.54) is 4.90 Å². The number of ether oxygens (including phenoxy) is 2. The number of carbonyl (C=O) groups is 2. The van der Waals surface area contributed by atoms with Crippen molar-refractivity contribution in [3.63, 3.8) is 0 Å². The summed E-state index contributed by atoms with van der Waals surface area (Å²) in [6.07, 6.45) is 0. The summed E-state index contributed by atoms with van der Waals surface area (Å²) in [4.78, 5) is 29.6. The average Bonchev–Trinajstić information content (AvgIpc) is 3.08. The maximum atomic E-state index is 13.1. The van der Waals surface area contributed by atoms with Crippen molar-refractivity contribution in [2.45, 2.75) is 19.9 Å². The summed E-state index contributed by atoms with van der Waals surface area (Å²) in [7, 11) is 3.09. The molecule has 0 radical (unpaired) electrons. The molecule has 1 N–H and O–H groups in total. The van der Waals surface area contributed by atoms with Crippen LogP contribution in [0.2, 0.25) is 0 Å². The zero-order valence-corrected chi connectivity index (χ0v) is 20.9. The highest BCUT2D eigenvalue weighted by Crippen LogP contribution is 2.40. The number of benzene rings is 2. The Labute approximate surface area is 202 Å². The molecule has 1 atom stereocenters. The third-order valence-electron chi connectivity index (χ3n) is 5.84. The molecule has 1 saturated heterocycles. The molecule has 1 aliphatic heterocycles. The van der Waals surface area contributed by atoms with E-state index >= 15 is 0 Å². The number of ketones is 1. The number of Topliss-reactive ketones (excluding diaryl/α,β-unsaturated/α-hetero) is 1. The normalized spacial score (nSPS) is 17.5. The van der Waals surface area contributed by atoms with Gasteiger partial charge in [0.15, 0.2) is 0 Å². The Hall–Kier alpha value is -2.84. The van der Waals surface area contributed by atoms with Gasteiger partial charge in [0, 0.05) is 38.0 Å². The van der Waals surface area contributed by atoms with Crippen LogP contribution < -0.4 is 9.64 Å². The fourth-order valence-electron chi connectivity index (χ4n) is 4.07. The van der Waals surface area contributed by atoms with Crippen LogP contribution in [-0.4, -0.2) is 62.2 Å². The fourth-order valence-corrected chi connectivity index (χ4v) is 4.61. The number of methoxy groups -OCH3 is 2. The molecule has 1 amide bonds. The molecule has 0 aromatic heterocycles. The number of anilines is 1. The largest absolute Gasteiger partial charge is 0.507 e. The zero-order valence-electron chi connectivity index (χ0n) is 19.3. The minimum Gasteiger partial charge on any atom is -0.507 e. The molecule has 0 spiro atoms. The zero-order chi connectivity index (χ0) is 24.1. The fraction of sp³-hybridized carbons (Fsp3) is 0.360. The van der Waals surface area contributed by atoms with Gasteiger partial charge in [-0.1, -0.05) is 12.1 Å². The second kappa shape index (κ2) is 10.9. The van der Waals surface area contributed by atoms with E-state index in [0.29, 0.717) is 15.8 Å². The Kier molecular flexibility index (Phi) is 8.15. The van der Waals surface area contributed by atoms with Gasteiger partial charge in [-0.15, -0.1) is 0 Å². The molecule has 0 saturated carbocycles. The summed E-state index contributed by atoms with van der Waals surface area (Å²) in [6.45, 7) is 6.42. The van der Waals surface area contributed by atoms with Gasteiger partial charge >= 0.3 is 0 Å². The summed E-state index contributed by atoms with van der Waals surface area (Å²) in [5, 5.41) is 11.2. The second-order valence-corrected chi connectivity index (χ2v) is 8.45. The number of hydrogen-bond acceptors (Lipinski definition) is 6. The molecule has 7 nitrogen and oxygen atoms in total. The van der Waals surface area contributed by atoms with Gasteiger partial charge in [-0.25, -0.2) is 0 Å². The molecular weight excluding hydrogens is 488 g/mol. The molecule has 3 rings (SSSR count). The van der Waals surface area contributed by atoms with Gasteiger partial charge in [0.05, 0.1) is 29.8 Å². The van der Waals surface area contributed by atoms with Crippen molar-refractivity contribution in [3.8, 4) is 5.75 Å². The van der Waals surface area contributed by atoms with Crippen molar-refractivity contribution >= 4 is 39.1 Å². The van der Waals surface area contributed by atoms with Gasteiger partial charge in [-0.2, -0.15) is 0 Å². The Balaban J connectivity index is 2.12. The van der Waals surface area contributed by atoms with E-state index in [0.717, 1.165) is 24.3 Å². The molecule has 1 heterocycles. The lowest BCUT2D eigenvalue weighted by molar-refractivity contribution is -0.140. The number of hydrogen-bond donors (Lipinski definition) is 1. The van der Waals surface area contributed by atoms with Crippen LogP contribution in [0.3, 0.4) is 0 Å². The van der Waals surface area contributed by atoms with E-state index in [-0.39, 0.29) is 24.5 Å². The number of rotatable bonds is 9. The van der Waals surface area contributed by atoms with Gasteiger partial charge in [0.1, 0.15) is 11.5 Å². The van der Waals surface area contributed by atoms with E-state index in [1.807, 2.05) is 24.3 Å². The second-order valence-electron chi connectivity index (χ2n) is 7.60. The third kappa shape index (κ3) is 4.91. The number of nitrogens with zero attached hydrogens (tertiary/aromatic N) is 2. The third-order valence-corrected chi connectivity index (χ3v) is 6.46. The molecule has 1 unspecified atom stereocenters. The number of amides is 1. The summed E-state index contributed by atoms with van der Waals surface area (Å²) < 4.78 is 11.0. The molecule has 33 heavy (non-hydrogen) atoms. The van der Waals surface area contributed by atoms with Gasteiger partial charge < -0.3 is 24.4 Å². The number of aliphatic hydroxyl groups is 1. The van der Waals surface area contributed by atoms with Gasteiger partial charge in [-0.3, -0.25) is 9.59 Å². The molecule has 1 fully saturated rings. The molecule has 2 aromatic rings. The first-order valence-corrected chi connectivity index (χ1v) is 11.6. The quantitative estimate of drug-likeness (QED) is 0.302. The monoisotopic (exact) mass is 516 g/mol. The SMILES string of the molecule is CCN(CC)c1ccc(C2/C(=C(/O)c3ccc(OC)c(Br)c3)C(=O)C(=O)N2CCOC)cc1. The van der Waals surface area contributed by atoms with Crippen molar-refractivity contribution in [3.05, 3.63) is 63.6 Å². The van der Waals surface area contributed by atoms with E-state index in [2.05, 4.69) is 34.7 Å². The van der Waals surface area contributed by atoms with Crippen LogP contribution in [0.15, 0.2) is 52.5 Å². The van der Waals surface area contributed by atoms with Crippen molar-refractivity contribution in [2.24, 2.45) is 0 Å². The van der Waals surface area contributed by atoms with E-state index in [4.69, 9.17) is 9.47 Å². The highest BCUT2D eigenvalue weighted by atomic mass is 79.9. The Bertz CT molecular complexity index is 1050. The Morgan fingerprint density at radius 1 is 1.09 bits per heavy atom. The summed E-state index contributed by atoms with van der Waals surface area (Å²) in [6, 6.07) is 12.0.